The summed E-state index contributed by atoms with van der Waals surface area (Å²) in [6.45, 7) is 4.60. The summed E-state index contributed by atoms with van der Waals surface area (Å²) in [7, 11) is 0. The van der Waals surface area contributed by atoms with Gasteiger partial charge in [-0.15, -0.1) is 0 Å². The van der Waals surface area contributed by atoms with E-state index >= 15 is 0 Å². The molecule has 1 heterocycles. The molecular formula is C12H14N2OS. The summed E-state index contributed by atoms with van der Waals surface area (Å²) in [6.07, 6.45) is 1.74. The third-order valence-electron chi connectivity index (χ3n) is 2.35. The third kappa shape index (κ3) is 2.23. The number of aryl methyl sites for hydroxylation is 2. The third-order valence-corrected chi connectivity index (χ3v) is 3.00. The van der Waals surface area contributed by atoms with Crippen LogP contribution < -0.4 is 10.5 Å². The Balaban J connectivity index is 2.34. The SMILES string of the molecule is Cc1cc(CN)cc(C)c1Oc1nccs1. The Labute approximate surface area is 98.9 Å². The summed E-state index contributed by atoms with van der Waals surface area (Å²) >= 11 is 1.49. The highest BCUT2D eigenvalue weighted by Crippen LogP contribution is 2.30. The lowest BCUT2D eigenvalue weighted by Gasteiger charge is -2.11. The van der Waals surface area contributed by atoms with Gasteiger partial charge in [0, 0.05) is 18.1 Å². The van der Waals surface area contributed by atoms with Gasteiger partial charge in [-0.1, -0.05) is 23.5 Å². The topological polar surface area (TPSA) is 48.1 Å². The van der Waals surface area contributed by atoms with Crippen molar-refractivity contribution in [3.8, 4) is 10.9 Å². The number of nitrogens with zero attached hydrogens (tertiary/aromatic N) is 1. The van der Waals surface area contributed by atoms with Crippen LogP contribution in [0.3, 0.4) is 0 Å². The number of ether oxygens (including phenoxy) is 1. The van der Waals surface area contributed by atoms with Crippen LogP contribution in [0.4, 0.5) is 0 Å². The van der Waals surface area contributed by atoms with Gasteiger partial charge in [0.1, 0.15) is 5.75 Å². The van der Waals surface area contributed by atoms with Gasteiger partial charge < -0.3 is 10.5 Å². The molecule has 0 bridgehead atoms. The van der Waals surface area contributed by atoms with Crippen molar-refractivity contribution in [2.45, 2.75) is 20.4 Å². The summed E-state index contributed by atoms with van der Waals surface area (Å²) in [4.78, 5) is 4.11. The van der Waals surface area contributed by atoms with E-state index in [1.165, 1.54) is 11.3 Å². The first-order valence-corrected chi connectivity index (χ1v) is 5.96. The van der Waals surface area contributed by atoms with Crippen molar-refractivity contribution in [2.24, 2.45) is 5.73 Å². The zero-order valence-electron chi connectivity index (χ0n) is 9.36. The minimum absolute atomic E-state index is 0.555. The van der Waals surface area contributed by atoms with Gasteiger partial charge in [-0.3, -0.25) is 0 Å². The van der Waals surface area contributed by atoms with Gasteiger partial charge in [-0.2, -0.15) is 0 Å². The lowest BCUT2D eigenvalue weighted by molar-refractivity contribution is 0.471. The number of aromatic nitrogens is 1. The summed E-state index contributed by atoms with van der Waals surface area (Å²) < 4.78 is 5.75. The van der Waals surface area contributed by atoms with Crippen LogP contribution in [0.1, 0.15) is 16.7 Å². The van der Waals surface area contributed by atoms with Gasteiger partial charge >= 0.3 is 0 Å². The van der Waals surface area contributed by atoms with Crippen LogP contribution in [0.2, 0.25) is 0 Å². The fourth-order valence-corrected chi connectivity index (χ4v) is 2.16. The Kier molecular flexibility index (Phi) is 3.22. The zero-order chi connectivity index (χ0) is 11.5. The molecule has 1 aromatic carbocycles. The summed E-state index contributed by atoms with van der Waals surface area (Å²) in [5.41, 5.74) is 8.94. The smallest absolute Gasteiger partial charge is 0.278 e. The molecule has 2 aromatic rings. The molecule has 0 spiro atoms. The first kappa shape index (κ1) is 11.1. The molecular weight excluding hydrogens is 220 g/mol. The Hall–Kier alpha value is -1.39. The van der Waals surface area contributed by atoms with E-state index in [0.717, 1.165) is 22.4 Å². The van der Waals surface area contributed by atoms with E-state index in [-0.39, 0.29) is 0 Å². The lowest BCUT2D eigenvalue weighted by atomic mass is 10.1. The highest BCUT2D eigenvalue weighted by Gasteiger charge is 2.08. The van der Waals surface area contributed by atoms with E-state index in [9.17, 15) is 0 Å². The van der Waals surface area contributed by atoms with Crippen LogP contribution in [-0.4, -0.2) is 4.98 Å². The first-order valence-electron chi connectivity index (χ1n) is 5.08. The first-order chi connectivity index (χ1) is 7.70. The molecule has 3 nitrogen and oxygen atoms in total. The van der Waals surface area contributed by atoms with Crippen LogP contribution in [0, 0.1) is 13.8 Å². The second-order valence-corrected chi connectivity index (χ2v) is 4.52. The van der Waals surface area contributed by atoms with Gasteiger partial charge in [0.15, 0.2) is 0 Å². The van der Waals surface area contributed by atoms with Crippen LogP contribution in [-0.2, 0) is 6.54 Å². The van der Waals surface area contributed by atoms with E-state index < -0.39 is 0 Å². The summed E-state index contributed by atoms with van der Waals surface area (Å²) in [5, 5.41) is 2.57. The minimum atomic E-state index is 0.555. The fourth-order valence-electron chi connectivity index (χ4n) is 1.67. The van der Waals surface area contributed by atoms with Crippen LogP contribution in [0.5, 0.6) is 10.9 Å². The Bertz CT molecular complexity index is 457. The number of thiazole rings is 1. The molecule has 0 unspecified atom stereocenters. The van der Waals surface area contributed by atoms with E-state index in [1.54, 1.807) is 6.20 Å². The summed E-state index contributed by atoms with van der Waals surface area (Å²) in [6, 6.07) is 4.10. The number of hydrogen-bond donors (Lipinski definition) is 1. The second-order valence-electron chi connectivity index (χ2n) is 3.66. The average Bonchev–Trinajstić information content (AvgIpc) is 2.75. The van der Waals surface area contributed by atoms with E-state index in [0.29, 0.717) is 11.7 Å². The molecule has 0 aliphatic carbocycles. The van der Waals surface area contributed by atoms with Gasteiger partial charge in [-0.05, 0) is 30.5 Å². The van der Waals surface area contributed by atoms with Crippen molar-refractivity contribution >= 4 is 11.3 Å². The molecule has 16 heavy (non-hydrogen) atoms. The molecule has 0 aliphatic heterocycles. The molecule has 0 saturated heterocycles. The molecule has 0 fully saturated rings. The predicted octanol–water partition coefficient (Wildman–Crippen LogP) is 3.01. The molecule has 4 heteroatoms. The highest BCUT2D eigenvalue weighted by atomic mass is 32.1. The van der Waals surface area contributed by atoms with Gasteiger partial charge in [0.05, 0.1) is 0 Å². The lowest BCUT2D eigenvalue weighted by Crippen LogP contribution is -1.99. The highest BCUT2D eigenvalue weighted by molar-refractivity contribution is 7.11. The van der Waals surface area contributed by atoms with E-state index in [4.69, 9.17) is 10.5 Å². The largest absolute Gasteiger partial charge is 0.430 e. The van der Waals surface area contributed by atoms with Crippen molar-refractivity contribution in [2.75, 3.05) is 0 Å². The number of hydrogen-bond acceptors (Lipinski definition) is 4. The maximum Gasteiger partial charge on any atom is 0.278 e. The second kappa shape index (κ2) is 4.63. The van der Waals surface area contributed by atoms with Crippen molar-refractivity contribution in [1.82, 2.24) is 4.98 Å². The zero-order valence-corrected chi connectivity index (χ0v) is 10.2. The summed E-state index contributed by atoms with van der Waals surface area (Å²) in [5.74, 6) is 0.882. The molecule has 0 radical (unpaired) electrons. The number of nitrogens with two attached hydrogens (primary N) is 1. The molecule has 1 aromatic heterocycles. The Morgan fingerprint density at radius 2 is 2.00 bits per heavy atom. The van der Waals surface area contributed by atoms with E-state index in [2.05, 4.69) is 17.1 Å². The number of rotatable bonds is 3. The molecule has 84 valence electrons. The normalized spacial score (nSPS) is 10.4. The molecule has 2 N–H and O–H groups in total. The standard InChI is InChI=1S/C12H14N2OS/c1-8-5-10(7-13)6-9(2)11(8)15-12-14-3-4-16-12/h3-6H,7,13H2,1-2H3. The molecule has 0 saturated carbocycles. The Morgan fingerprint density at radius 3 is 2.50 bits per heavy atom. The van der Waals surface area contributed by atoms with Crippen molar-refractivity contribution in [1.29, 1.82) is 0 Å². The van der Waals surface area contributed by atoms with Crippen LogP contribution >= 0.6 is 11.3 Å². The van der Waals surface area contributed by atoms with Crippen molar-refractivity contribution < 1.29 is 4.74 Å². The van der Waals surface area contributed by atoms with Crippen molar-refractivity contribution in [3.63, 3.8) is 0 Å². The van der Waals surface area contributed by atoms with E-state index in [1.807, 2.05) is 19.2 Å². The predicted molar refractivity (Wildman–Crippen MR) is 66.0 cm³/mol. The quantitative estimate of drug-likeness (QED) is 0.888. The average molecular weight is 234 g/mol. The maximum absolute atomic E-state index is 5.75. The maximum atomic E-state index is 5.75. The number of benzene rings is 1. The van der Waals surface area contributed by atoms with Crippen LogP contribution in [0.25, 0.3) is 0 Å². The molecule has 2 rings (SSSR count). The monoisotopic (exact) mass is 234 g/mol. The molecule has 0 atom stereocenters. The van der Waals surface area contributed by atoms with Gasteiger partial charge in [0.2, 0.25) is 0 Å². The van der Waals surface area contributed by atoms with Crippen LogP contribution in [0.15, 0.2) is 23.7 Å². The fraction of sp³-hybridized carbons (Fsp3) is 0.250. The van der Waals surface area contributed by atoms with Gasteiger partial charge in [-0.25, -0.2) is 4.98 Å². The molecule has 0 amide bonds. The van der Waals surface area contributed by atoms with Crippen molar-refractivity contribution in [3.05, 3.63) is 40.4 Å². The Morgan fingerprint density at radius 1 is 1.31 bits per heavy atom. The minimum Gasteiger partial charge on any atom is -0.430 e. The molecule has 0 aliphatic rings. The van der Waals surface area contributed by atoms with Gasteiger partial charge in [0.25, 0.3) is 5.19 Å².